The Morgan fingerprint density at radius 3 is 2.17 bits per heavy atom. The van der Waals surface area contributed by atoms with Crippen molar-refractivity contribution in [3.63, 3.8) is 0 Å². The van der Waals surface area contributed by atoms with Gasteiger partial charge in [0.05, 0.1) is 5.56 Å². The lowest BCUT2D eigenvalue weighted by Crippen LogP contribution is -2.15. The van der Waals surface area contributed by atoms with Gasteiger partial charge >= 0.3 is 6.18 Å². The summed E-state index contributed by atoms with van der Waals surface area (Å²) < 4.78 is 51.6. The van der Waals surface area contributed by atoms with E-state index in [2.05, 4.69) is 6.92 Å². The second kappa shape index (κ2) is 8.87. The van der Waals surface area contributed by atoms with E-state index in [1.807, 2.05) is 0 Å². The van der Waals surface area contributed by atoms with Gasteiger partial charge < -0.3 is 0 Å². The van der Waals surface area contributed by atoms with Gasteiger partial charge in [0.1, 0.15) is 5.82 Å². The molecule has 2 rings (SSSR count). The first-order valence-corrected chi connectivity index (χ1v) is 9.25. The van der Waals surface area contributed by atoms with E-state index < -0.39 is 17.6 Å². The molecule has 1 aliphatic carbocycles. The van der Waals surface area contributed by atoms with Crippen LogP contribution in [-0.2, 0) is 12.6 Å². The summed E-state index contributed by atoms with van der Waals surface area (Å²) in [7, 11) is 0. The number of hydrogen-bond acceptors (Lipinski definition) is 0. The highest BCUT2D eigenvalue weighted by molar-refractivity contribution is 5.27. The zero-order valence-corrected chi connectivity index (χ0v) is 14.5. The first-order valence-electron chi connectivity index (χ1n) is 9.25. The van der Waals surface area contributed by atoms with Crippen LogP contribution in [0.15, 0.2) is 18.2 Å². The Hall–Kier alpha value is -1.06. The lowest BCUT2D eigenvalue weighted by Gasteiger charge is -2.28. The summed E-state index contributed by atoms with van der Waals surface area (Å²) in [5.41, 5.74) is -0.548. The molecule has 0 unspecified atom stereocenters. The highest BCUT2D eigenvalue weighted by Crippen LogP contribution is 2.35. The zero-order chi connectivity index (χ0) is 17.6. The monoisotopic (exact) mass is 344 g/mol. The molecule has 4 heteroatoms. The molecule has 0 heterocycles. The molecule has 0 amide bonds. The molecule has 0 N–H and O–H groups in total. The molecule has 0 atom stereocenters. The predicted octanol–water partition coefficient (Wildman–Crippen LogP) is 7.16. The topological polar surface area (TPSA) is 0 Å². The highest BCUT2D eigenvalue weighted by atomic mass is 19.4. The molecular formula is C20H28F4. The molecule has 0 saturated heterocycles. The number of alkyl halides is 3. The van der Waals surface area contributed by atoms with Gasteiger partial charge in [-0.25, -0.2) is 4.39 Å². The molecule has 0 aromatic heterocycles. The summed E-state index contributed by atoms with van der Waals surface area (Å²) in [5.74, 6) is 0.265. The fourth-order valence-corrected chi connectivity index (χ4v) is 3.81. The van der Waals surface area contributed by atoms with Crippen LogP contribution in [0.25, 0.3) is 0 Å². The van der Waals surface area contributed by atoms with Crippen LogP contribution in [0.4, 0.5) is 17.6 Å². The van der Waals surface area contributed by atoms with Gasteiger partial charge in [-0.2, -0.15) is 13.2 Å². The van der Waals surface area contributed by atoms with Gasteiger partial charge in [0, 0.05) is 0 Å². The molecular weight excluding hydrogens is 316 g/mol. The number of rotatable bonds is 7. The summed E-state index contributed by atoms with van der Waals surface area (Å²) in [6, 6.07) is 3.41. The highest BCUT2D eigenvalue weighted by Gasteiger charge is 2.34. The van der Waals surface area contributed by atoms with Crippen molar-refractivity contribution in [2.24, 2.45) is 11.8 Å². The molecule has 1 aromatic rings. The van der Waals surface area contributed by atoms with Crippen LogP contribution in [-0.4, -0.2) is 0 Å². The van der Waals surface area contributed by atoms with Crippen molar-refractivity contribution in [3.05, 3.63) is 35.1 Å². The van der Waals surface area contributed by atoms with E-state index >= 15 is 0 Å². The van der Waals surface area contributed by atoms with Crippen LogP contribution in [0, 0.1) is 17.7 Å². The van der Waals surface area contributed by atoms with Crippen molar-refractivity contribution >= 4 is 0 Å². The fraction of sp³-hybridized carbons (Fsp3) is 0.700. The van der Waals surface area contributed by atoms with Crippen molar-refractivity contribution in [2.75, 3.05) is 0 Å². The van der Waals surface area contributed by atoms with Crippen LogP contribution >= 0.6 is 0 Å². The Labute approximate surface area is 142 Å². The first-order chi connectivity index (χ1) is 11.4. The Balaban J connectivity index is 1.79. The summed E-state index contributed by atoms with van der Waals surface area (Å²) >= 11 is 0. The lowest BCUT2D eigenvalue weighted by atomic mass is 9.77. The van der Waals surface area contributed by atoms with E-state index in [0.717, 1.165) is 24.5 Å². The van der Waals surface area contributed by atoms with Gasteiger partial charge in [-0.05, 0) is 42.4 Å². The average Bonchev–Trinajstić information content (AvgIpc) is 2.54. The van der Waals surface area contributed by atoms with Crippen molar-refractivity contribution in [2.45, 2.75) is 77.3 Å². The van der Waals surface area contributed by atoms with Crippen LogP contribution in [0.2, 0.25) is 0 Å². The zero-order valence-electron chi connectivity index (χ0n) is 14.5. The normalized spacial score (nSPS) is 21.9. The fourth-order valence-electron chi connectivity index (χ4n) is 3.81. The van der Waals surface area contributed by atoms with E-state index in [4.69, 9.17) is 0 Å². The molecule has 1 aromatic carbocycles. The van der Waals surface area contributed by atoms with Gasteiger partial charge in [-0.15, -0.1) is 0 Å². The quantitative estimate of drug-likeness (QED) is 0.363. The number of benzene rings is 1. The van der Waals surface area contributed by atoms with Crippen molar-refractivity contribution in [3.8, 4) is 0 Å². The molecule has 1 saturated carbocycles. The largest absolute Gasteiger partial charge is 0.419 e. The van der Waals surface area contributed by atoms with Crippen molar-refractivity contribution in [1.29, 1.82) is 0 Å². The Bertz CT molecular complexity index is 499. The maximum Gasteiger partial charge on any atom is 0.419 e. The van der Waals surface area contributed by atoms with E-state index in [-0.39, 0.29) is 0 Å². The van der Waals surface area contributed by atoms with Gasteiger partial charge in [-0.3, -0.25) is 0 Å². The number of aryl methyl sites for hydroxylation is 1. The molecule has 0 bridgehead atoms. The molecule has 0 aliphatic heterocycles. The summed E-state index contributed by atoms with van der Waals surface area (Å²) in [6.07, 6.45) is 7.00. The molecule has 0 spiro atoms. The predicted molar refractivity (Wildman–Crippen MR) is 89.3 cm³/mol. The molecule has 1 fully saturated rings. The SMILES string of the molecule is CCCCCC1CCC(CCc2ccc(F)c(C(F)(F)F)c2)CC1. The van der Waals surface area contributed by atoms with Gasteiger partial charge in [0.2, 0.25) is 0 Å². The third kappa shape index (κ3) is 5.78. The second-order valence-electron chi connectivity index (χ2n) is 7.23. The first kappa shape index (κ1) is 19.3. The van der Waals surface area contributed by atoms with E-state index in [0.29, 0.717) is 17.9 Å². The Morgan fingerprint density at radius 1 is 0.958 bits per heavy atom. The smallest absolute Gasteiger partial charge is 0.206 e. The van der Waals surface area contributed by atoms with E-state index in [9.17, 15) is 17.6 Å². The summed E-state index contributed by atoms with van der Waals surface area (Å²) in [5, 5.41) is 0. The molecule has 1 aliphatic rings. The standard InChI is InChI=1S/C20H28F4/c1-2-3-4-5-15-6-8-16(9-7-15)10-11-17-12-13-19(21)18(14-17)20(22,23)24/h12-16H,2-11H2,1H3. The van der Waals surface area contributed by atoms with Crippen molar-refractivity contribution < 1.29 is 17.6 Å². The minimum absolute atomic E-state index is 0.591. The maximum atomic E-state index is 13.3. The molecule has 0 radical (unpaired) electrons. The third-order valence-electron chi connectivity index (χ3n) is 5.36. The van der Waals surface area contributed by atoms with Crippen molar-refractivity contribution in [1.82, 2.24) is 0 Å². The Kier molecular flexibility index (Phi) is 7.12. The summed E-state index contributed by atoms with van der Waals surface area (Å²) in [4.78, 5) is 0. The number of unbranched alkanes of at least 4 members (excludes halogenated alkanes) is 2. The van der Waals surface area contributed by atoms with Crippen LogP contribution in [0.3, 0.4) is 0 Å². The summed E-state index contributed by atoms with van der Waals surface area (Å²) in [6.45, 7) is 2.22. The minimum atomic E-state index is -4.61. The molecule has 0 nitrogen and oxygen atoms in total. The van der Waals surface area contributed by atoms with Gasteiger partial charge in [-0.1, -0.05) is 64.4 Å². The average molecular weight is 344 g/mol. The second-order valence-corrected chi connectivity index (χ2v) is 7.23. The van der Waals surface area contributed by atoms with Crippen LogP contribution < -0.4 is 0 Å². The van der Waals surface area contributed by atoms with E-state index in [1.54, 1.807) is 0 Å². The maximum absolute atomic E-state index is 13.3. The number of hydrogen-bond donors (Lipinski definition) is 0. The van der Waals surface area contributed by atoms with Gasteiger partial charge in [0.15, 0.2) is 0 Å². The molecule has 136 valence electrons. The Morgan fingerprint density at radius 2 is 1.58 bits per heavy atom. The van der Waals surface area contributed by atoms with Crippen LogP contribution in [0.5, 0.6) is 0 Å². The third-order valence-corrected chi connectivity index (χ3v) is 5.36. The van der Waals surface area contributed by atoms with Crippen LogP contribution in [0.1, 0.15) is 75.8 Å². The number of halogens is 4. The molecule has 24 heavy (non-hydrogen) atoms. The minimum Gasteiger partial charge on any atom is -0.206 e. The lowest BCUT2D eigenvalue weighted by molar-refractivity contribution is -0.140. The van der Waals surface area contributed by atoms with E-state index in [1.165, 1.54) is 57.4 Å². The van der Waals surface area contributed by atoms with Gasteiger partial charge in [0.25, 0.3) is 0 Å².